The van der Waals surface area contributed by atoms with Crippen LogP contribution < -0.4 is 5.32 Å². The van der Waals surface area contributed by atoms with Gasteiger partial charge in [0.15, 0.2) is 0 Å². The maximum Gasteiger partial charge on any atom is 0.0571 e. The van der Waals surface area contributed by atoms with Gasteiger partial charge in [-0.25, -0.2) is 0 Å². The molecule has 2 N–H and O–H groups in total. The minimum Gasteiger partial charge on any atom is -0.396 e. The summed E-state index contributed by atoms with van der Waals surface area (Å²) in [4.78, 5) is 5.67. The summed E-state index contributed by atoms with van der Waals surface area (Å²) < 4.78 is 0. The Hall–Kier alpha value is -0.580. The van der Waals surface area contributed by atoms with Gasteiger partial charge in [-0.2, -0.15) is 0 Å². The van der Waals surface area contributed by atoms with Gasteiger partial charge in [0.1, 0.15) is 0 Å². The van der Waals surface area contributed by atoms with Crippen LogP contribution in [0, 0.1) is 0 Å². The maximum atomic E-state index is 8.88. The number of hydrogen-bond acceptors (Lipinski definition) is 4. The standard InChI is InChI=1S/C14H24N2OS/c1-4-8-15-12(3)14-6-5-13(10-16-14)18-11(2)7-9-17/h5-6,10-12,15,17H,4,7-9H2,1-3H3. The summed E-state index contributed by atoms with van der Waals surface area (Å²) in [6.07, 6.45) is 3.88. The quantitative estimate of drug-likeness (QED) is 0.711. The van der Waals surface area contributed by atoms with Crippen molar-refractivity contribution >= 4 is 11.8 Å². The van der Waals surface area contributed by atoms with Gasteiger partial charge in [0.25, 0.3) is 0 Å². The van der Waals surface area contributed by atoms with Crippen LogP contribution in [-0.2, 0) is 0 Å². The van der Waals surface area contributed by atoms with Crippen molar-refractivity contribution in [2.75, 3.05) is 13.2 Å². The highest BCUT2D eigenvalue weighted by Gasteiger charge is 2.07. The summed E-state index contributed by atoms with van der Waals surface area (Å²) in [5, 5.41) is 12.7. The lowest BCUT2D eigenvalue weighted by atomic mass is 10.2. The number of hydrogen-bond donors (Lipinski definition) is 2. The van der Waals surface area contributed by atoms with E-state index in [1.165, 1.54) is 4.90 Å². The summed E-state index contributed by atoms with van der Waals surface area (Å²) in [6.45, 7) is 7.69. The highest BCUT2D eigenvalue weighted by atomic mass is 32.2. The number of aromatic nitrogens is 1. The zero-order valence-electron chi connectivity index (χ0n) is 11.5. The van der Waals surface area contributed by atoms with Crippen LogP contribution in [-0.4, -0.2) is 28.5 Å². The zero-order chi connectivity index (χ0) is 13.4. The van der Waals surface area contributed by atoms with Crippen molar-refractivity contribution in [3.63, 3.8) is 0 Å². The Labute approximate surface area is 114 Å². The molecule has 2 atom stereocenters. The number of nitrogens with one attached hydrogen (secondary N) is 1. The Morgan fingerprint density at radius 3 is 2.72 bits per heavy atom. The van der Waals surface area contributed by atoms with Crippen LogP contribution >= 0.6 is 11.8 Å². The van der Waals surface area contributed by atoms with Crippen molar-refractivity contribution in [3.8, 4) is 0 Å². The van der Waals surface area contributed by atoms with E-state index in [0.717, 1.165) is 25.1 Å². The van der Waals surface area contributed by atoms with Gasteiger partial charge in [-0.3, -0.25) is 4.98 Å². The number of nitrogens with zero attached hydrogens (tertiary/aromatic N) is 1. The second-order valence-corrected chi connectivity index (χ2v) is 6.05. The fourth-order valence-electron chi connectivity index (χ4n) is 1.66. The Bertz CT molecular complexity index is 329. The molecule has 1 heterocycles. The molecular formula is C14H24N2OS. The van der Waals surface area contributed by atoms with Gasteiger partial charge in [0, 0.05) is 29.0 Å². The van der Waals surface area contributed by atoms with Crippen molar-refractivity contribution in [1.82, 2.24) is 10.3 Å². The molecule has 0 bridgehead atoms. The molecule has 1 aromatic rings. The van der Waals surface area contributed by atoms with Crippen LogP contribution in [0.5, 0.6) is 0 Å². The number of pyridine rings is 1. The lowest BCUT2D eigenvalue weighted by molar-refractivity contribution is 0.289. The van der Waals surface area contributed by atoms with E-state index in [1.54, 1.807) is 11.8 Å². The van der Waals surface area contributed by atoms with Crippen molar-refractivity contribution in [3.05, 3.63) is 24.0 Å². The first kappa shape index (κ1) is 15.5. The van der Waals surface area contributed by atoms with Gasteiger partial charge >= 0.3 is 0 Å². The minimum atomic E-state index is 0.248. The largest absolute Gasteiger partial charge is 0.396 e. The third kappa shape index (κ3) is 5.38. The van der Waals surface area contributed by atoms with Crippen LogP contribution in [0.4, 0.5) is 0 Å². The summed E-state index contributed by atoms with van der Waals surface area (Å²) in [6, 6.07) is 4.51. The molecule has 0 radical (unpaired) electrons. The fourth-order valence-corrected chi connectivity index (χ4v) is 2.60. The Morgan fingerprint density at radius 2 is 2.17 bits per heavy atom. The predicted octanol–water partition coefficient (Wildman–Crippen LogP) is 3.01. The smallest absolute Gasteiger partial charge is 0.0571 e. The molecule has 0 fully saturated rings. The number of aliphatic hydroxyl groups is 1. The van der Waals surface area contributed by atoms with Crippen LogP contribution in [0.1, 0.15) is 45.3 Å². The zero-order valence-corrected chi connectivity index (χ0v) is 12.3. The van der Waals surface area contributed by atoms with Gasteiger partial charge in [-0.05, 0) is 38.4 Å². The number of thioether (sulfide) groups is 1. The normalized spacial score (nSPS) is 14.4. The molecule has 2 unspecified atom stereocenters. The van der Waals surface area contributed by atoms with Gasteiger partial charge in [-0.1, -0.05) is 13.8 Å². The highest BCUT2D eigenvalue weighted by molar-refractivity contribution is 7.99. The first-order valence-corrected chi connectivity index (χ1v) is 7.52. The second-order valence-electron chi connectivity index (χ2n) is 4.54. The Kier molecular flexibility index (Phi) is 7.32. The van der Waals surface area contributed by atoms with Crippen molar-refractivity contribution < 1.29 is 5.11 Å². The summed E-state index contributed by atoms with van der Waals surface area (Å²) in [5.74, 6) is 0. The average Bonchev–Trinajstić information content (AvgIpc) is 2.37. The van der Waals surface area contributed by atoms with Gasteiger partial charge in [0.2, 0.25) is 0 Å². The van der Waals surface area contributed by atoms with Crippen molar-refractivity contribution in [2.45, 2.75) is 49.8 Å². The first-order valence-electron chi connectivity index (χ1n) is 6.64. The summed E-state index contributed by atoms with van der Waals surface area (Å²) >= 11 is 1.76. The van der Waals surface area contributed by atoms with E-state index >= 15 is 0 Å². The lowest BCUT2D eigenvalue weighted by Crippen LogP contribution is -2.20. The van der Waals surface area contributed by atoms with E-state index < -0.39 is 0 Å². The molecule has 0 aromatic carbocycles. The summed E-state index contributed by atoms with van der Waals surface area (Å²) in [7, 11) is 0. The molecule has 1 aromatic heterocycles. The molecule has 102 valence electrons. The average molecular weight is 268 g/mol. The van der Waals surface area contributed by atoms with Gasteiger partial charge in [-0.15, -0.1) is 11.8 Å². The van der Waals surface area contributed by atoms with E-state index in [9.17, 15) is 0 Å². The molecule has 4 heteroatoms. The van der Waals surface area contributed by atoms with E-state index in [2.05, 4.69) is 43.2 Å². The highest BCUT2D eigenvalue weighted by Crippen LogP contribution is 2.25. The molecule has 0 saturated carbocycles. The number of aliphatic hydroxyl groups excluding tert-OH is 1. The molecule has 1 rings (SSSR count). The molecule has 0 aliphatic rings. The Balaban J connectivity index is 2.51. The van der Waals surface area contributed by atoms with E-state index in [0.29, 0.717) is 11.3 Å². The third-order valence-corrected chi connectivity index (χ3v) is 3.93. The van der Waals surface area contributed by atoms with E-state index in [-0.39, 0.29) is 6.61 Å². The lowest BCUT2D eigenvalue weighted by Gasteiger charge is -2.14. The van der Waals surface area contributed by atoms with Gasteiger partial charge in [0.05, 0.1) is 5.69 Å². The SMILES string of the molecule is CCCNC(C)c1ccc(SC(C)CCO)cn1. The van der Waals surface area contributed by atoms with Crippen LogP contribution in [0.15, 0.2) is 23.2 Å². The van der Waals surface area contributed by atoms with Crippen LogP contribution in [0.25, 0.3) is 0 Å². The second kappa shape index (κ2) is 8.51. The Morgan fingerprint density at radius 1 is 1.39 bits per heavy atom. The molecule has 0 aliphatic carbocycles. The molecule has 3 nitrogen and oxygen atoms in total. The van der Waals surface area contributed by atoms with Crippen LogP contribution in [0.3, 0.4) is 0 Å². The first-order chi connectivity index (χ1) is 8.67. The molecule has 0 aliphatic heterocycles. The fraction of sp³-hybridized carbons (Fsp3) is 0.643. The molecule has 0 spiro atoms. The van der Waals surface area contributed by atoms with Gasteiger partial charge < -0.3 is 10.4 Å². The van der Waals surface area contributed by atoms with Crippen molar-refractivity contribution in [2.24, 2.45) is 0 Å². The third-order valence-electron chi connectivity index (χ3n) is 2.78. The van der Waals surface area contributed by atoms with Crippen molar-refractivity contribution in [1.29, 1.82) is 0 Å². The van der Waals surface area contributed by atoms with E-state index in [1.807, 2.05) is 6.20 Å². The van der Waals surface area contributed by atoms with E-state index in [4.69, 9.17) is 5.11 Å². The topological polar surface area (TPSA) is 45.1 Å². The molecular weight excluding hydrogens is 244 g/mol. The maximum absolute atomic E-state index is 8.88. The monoisotopic (exact) mass is 268 g/mol. The molecule has 18 heavy (non-hydrogen) atoms. The minimum absolute atomic E-state index is 0.248. The molecule has 0 saturated heterocycles. The predicted molar refractivity (Wildman–Crippen MR) is 78.0 cm³/mol. The summed E-state index contributed by atoms with van der Waals surface area (Å²) in [5.41, 5.74) is 1.09. The molecule has 0 amide bonds. The van der Waals surface area contributed by atoms with Crippen LogP contribution in [0.2, 0.25) is 0 Å². The number of rotatable bonds is 8.